The molecule has 196 valence electrons. The summed E-state index contributed by atoms with van der Waals surface area (Å²) >= 11 is 0. The molecule has 0 aromatic heterocycles. The van der Waals surface area contributed by atoms with Crippen molar-refractivity contribution < 1.29 is 10.2 Å². The highest BCUT2D eigenvalue weighted by Crippen LogP contribution is 2.74. The summed E-state index contributed by atoms with van der Waals surface area (Å²) in [5.74, 6) is 0.619. The first-order valence-corrected chi connectivity index (χ1v) is 14.6. The van der Waals surface area contributed by atoms with Gasteiger partial charge in [0.05, 0.1) is 0 Å². The largest absolute Gasteiger partial charge is 0.504 e. The van der Waals surface area contributed by atoms with Crippen molar-refractivity contribution in [2.45, 2.75) is 97.8 Å². The lowest BCUT2D eigenvalue weighted by atomic mass is 9.35. The molecule has 0 bridgehead atoms. The lowest BCUT2D eigenvalue weighted by molar-refractivity contribution is -0.160. The Hall–Kier alpha value is -1.74. The van der Waals surface area contributed by atoms with E-state index in [2.05, 4.69) is 58.2 Å². The van der Waals surface area contributed by atoms with Crippen molar-refractivity contribution in [3.05, 3.63) is 33.7 Å². The summed E-state index contributed by atoms with van der Waals surface area (Å²) in [6, 6.07) is 1.83. The number of benzene rings is 1. The molecule has 1 aliphatic heterocycles. The van der Waals surface area contributed by atoms with Crippen molar-refractivity contribution in [1.82, 2.24) is 4.90 Å². The molecule has 6 rings (SSSR count). The highest BCUT2D eigenvalue weighted by molar-refractivity contribution is 5.61. The number of fused-ring (bicyclic) bond motifs is 7. The molecule has 2 N–H and O–H groups in total. The number of nitrogens with zero attached hydrogens (tertiary/aromatic N) is 1. The van der Waals surface area contributed by atoms with Crippen molar-refractivity contribution in [3.8, 4) is 11.5 Å². The second-order valence-corrected chi connectivity index (χ2v) is 14.7. The molecule has 6 atom stereocenters. The molecular weight excluding hydrogens is 442 g/mol. The standard InChI is InChI=1S/C33H47NO2/c1-22-23-9-10-26-31(4,24(23)19-25(35)28(22)36)14-16-33(6)27-20-29(2,21-34-17-7-8-18-34)11-12-30(27,3)13-15-32(26,33)5/h9-10,19,27,35-36H,1,7-8,11-18,20-21H2,2-6H3/t27-,29-,30-,31+,32-,33+/m1/s1. The fourth-order valence-electron chi connectivity index (χ4n) is 10.1. The number of phenolic OH excluding ortho intramolecular Hbond substituents is 2. The Morgan fingerprint density at radius 1 is 0.917 bits per heavy atom. The third kappa shape index (κ3) is 3.14. The predicted octanol–water partition coefficient (Wildman–Crippen LogP) is 6.00. The van der Waals surface area contributed by atoms with Gasteiger partial charge in [-0.3, -0.25) is 0 Å². The van der Waals surface area contributed by atoms with Crippen LogP contribution in [0.4, 0.5) is 0 Å². The minimum Gasteiger partial charge on any atom is -0.504 e. The van der Waals surface area contributed by atoms with Crippen LogP contribution in [0.1, 0.15) is 98.0 Å². The number of likely N-dealkylation sites (tertiary alicyclic amines) is 1. The molecule has 0 unspecified atom stereocenters. The number of phenols is 2. The summed E-state index contributed by atoms with van der Waals surface area (Å²) in [5.41, 5.74) is 3.82. The van der Waals surface area contributed by atoms with Gasteiger partial charge in [0, 0.05) is 17.2 Å². The van der Waals surface area contributed by atoms with Crippen LogP contribution in [0.15, 0.2) is 17.7 Å². The van der Waals surface area contributed by atoms with E-state index in [-0.39, 0.29) is 27.7 Å². The Morgan fingerprint density at radius 2 is 1.61 bits per heavy atom. The Bertz CT molecular complexity index is 1240. The Morgan fingerprint density at radius 3 is 2.33 bits per heavy atom. The summed E-state index contributed by atoms with van der Waals surface area (Å²) < 4.78 is 0. The van der Waals surface area contributed by atoms with Crippen molar-refractivity contribution in [2.24, 2.45) is 27.6 Å². The topological polar surface area (TPSA) is 43.7 Å². The number of hydrogen-bond acceptors (Lipinski definition) is 3. The van der Waals surface area contributed by atoms with Crippen LogP contribution in [0.2, 0.25) is 0 Å². The quantitative estimate of drug-likeness (QED) is 0.501. The molecule has 36 heavy (non-hydrogen) atoms. The Kier molecular flexibility index (Phi) is 5.23. The number of allylic oxidation sites excluding steroid dienone is 2. The van der Waals surface area contributed by atoms with Crippen LogP contribution in [-0.4, -0.2) is 34.7 Å². The first kappa shape index (κ1) is 24.6. The average molecular weight is 490 g/mol. The molecule has 1 aromatic rings. The molecule has 0 amide bonds. The molecule has 4 aliphatic carbocycles. The molecule has 1 heterocycles. The summed E-state index contributed by atoms with van der Waals surface area (Å²) in [5, 5.41) is 22.5. The zero-order valence-electron chi connectivity index (χ0n) is 23.3. The van der Waals surface area contributed by atoms with E-state index >= 15 is 0 Å². The summed E-state index contributed by atoms with van der Waals surface area (Å²) in [7, 11) is 0. The van der Waals surface area contributed by atoms with Gasteiger partial charge in [0.2, 0.25) is 0 Å². The van der Waals surface area contributed by atoms with E-state index in [1.807, 2.05) is 6.07 Å². The van der Waals surface area contributed by atoms with Crippen LogP contribution < -0.4 is 10.4 Å². The van der Waals surface area contributed by atoms with Gasteiger partial charge in [0.25, 0.3) is 0 Å². The third-order valence-electron chi connectivity index (χ3n) is 12.6. The van der Waals surface area contributed by atoms with E-state index in [1.165, 1.54) is 71.0 Å². The van der Waals surface area contributed by atoms with Crippen LogP contribution >= 0.6 is 0 Å². The molecule has 1 saturated heterocycles. The first-order chi connectivity index (χ1) is 16.9. The third-order valence-corrected chi connectivity index (χ3v) is 12.6. The minimum absolute atomic E-state index is 0.0331. The number of hydrogen-bond donors (Lipinski definition) is 2. The van der Waals surface area contributed by atoms with Crippen molar-refractivity contribution in [1.29, 1.82) is 0 Å². The normalized spacial score (nSPS) is 44.0. The van der Waals surface area contributed by atoms with Gasteiger partial charge in [0.15, 0.2) is 11.5 Å². The van der Waals surface area contributed by atoms with Crippen molar-refractivity contribution in [2.75, 3.05) is 19.6 Å². The van der Waals surface area contributed by atoms with E-state index in [0.29, 0.717) is 16.0 Å². The Balaban J connectivity index is 1.42. The summed E-state index contributed by atoms with van der Waals surface area (Å²) in [6.45, 7) is 20.8. The highest BCUT2D eigenvalue weighted by atomic mass is 16.3. The summed E-state index contributed by atoms with van der Waals surface area (Å²) in [6.07, 6.45) is 16.3. The van der Waals surface area contributed by atoms with E-state index in [4.69, 9.17) is 0 Å². The summed E-state index contributed by atoms with van der Waals surface area (Å²) in [4.78, 5) is 2.75. The van der Waals surface area contributed by atoms with Gasteiger partial charge in [-0.05, 0) is 115 Å². The smallest absolute Gasteiger partial charge is 0.164 e. The molecule has 4 fully saturated rings. The predicted molar refractivity (Wildman–Crippen MR) is 148 cm³/mol. The van der Waals surface area contributed by atoms with Gasteiger partial charge in [0.1, 0.15) is 0 Å². The number of aromatic hydroxyl groups is 2. The molecule has 3 saturated carbocycles. The van der Waals surface area contributed by atoms with Crippen LogP contribution in [0.5, 0.6) is 11.5 Å². The zero-order valence-corrected chi connectivity index (χ0v) is 23.3. The monoisotopic (exact) mass is 489 g/mol. The molecule has 3 heteroatoms. The van der Waals surface area contributed by atoms with Crippen LogP contribution in [0, 0.1) is 27.6 Å². The van der Waals surface area contributed by atoms with Gasteiger partial charge in [-0.1, -0.05) is 58.9 Å². The molecular formula is C33H47NO2. The maximum Gasteiger partial charge on any atom is 0.164 e. The second-order valence-electron chi connectivity index (χ2n) is 14.7. The molecule has 0 spiro atoms. The van der Waals surface area contributed by atoms with E-state index < -0.39 is 0 Å². The van der Waals surface area contributed by atoms with Gasteiger partial charge in [-0.15, -0.1) is 0 Å². The lowest BCUT2D eigenvalue weighted by Crippen LogP contribution is -2.63. The number of rotatable bonds is 2. The fraction of sp³-hybridized carbons (Fsp3) is 0.697. The second kappa shape index (κ2) is 7.65. The molecule has 5 aliphatic rings. The SMILES string of the molecule is C=c1c(O)c(O)cc2c1=CC=C1[C@@]2(C)CC[C@@]2(C)[C@@H]3C[C@](C)(CN4CCCC4)CC[C@]3(C)CC[C@]12C. The van der Waals surface area contributed by atoms with Crippen LogP contribution in [0.3, 0.4) is 0 Å². The molecule has 0 radical (unpaired) electrons. The maximum absolute atomic E-state index is 10.5. The maximum atomic E-state index is 10.5. The lowest BCUT2D eigenvalue weighted by Gasteiger charge is -2.70. The van der Waals surface area contributed by atoms with E-state index in [1.54, 1.807) is 5.57 Å². The molecule has 3 nitrogen and oxygen atoms in total. The minimum atomic E-state index is -0.128. The first-order valence-electron chi connectivity index (χ1n) is 14.6. The van der Waals surface area contributed by atoms with Crippen LogP contribution in [-0.2, 0) is 5.41 Å². The molecule has 1 aromatic carbocycles. The van der Waals surface area contributed by atoms with E-state index in [0.717, 1.165) is 23.1 Å². The highest BCUT2D eigenvalue weighted by Gasteiger charge is 2.66. The Labute approximate surface area is 218 Å². The van der Waals surface area contributed by atoms with Gasteiger partial charge < -0.3 is 15.1 Å². The van der Waals surface area contributed by atoms with E-state index in [9.17, 15) is 10.2 Å². The fourth-order valence-corrected chi connectivity index (χ4v) is 10.1. The van der Waals surface area contributed by atoms with Crippen molar-refractivity contribution >= 4 is 12.7 Å². The zero-order chi connectivity index (χ0) is 25.7. The van der Waals surface area contributed by atoms with Gasteiger partial charge >= 0.3 is 0 Å². The van der Waals surface area contributed by atoms with Crippen LogP contribution in [0.25, 0.3) is 12.7 Å². The average Bonchev–Trinajstić information content (AvgIpc) is 3.34. The van der Waals surface area contributed by atoms with Gasteiger partial charge in [-0.25, -0.2) is 0 Å². The van der Waals surface area contributed by atoms with Gasteiger partial charge in [-0.2, -0.15) is 0 Å². The van der Waals surface area contributed by atoms with Crippen molar-refractivity contribution in [3.63, 3.8) is 0 Å².